The average molecular weight is 286 g/mol. The van der Waals surface area contributed by atoms with Crippen molar-refractivity contribution in [1.82, 2.24) is 0 Å². The van der Waals surface area contributed by atoms with Crippen molar-refractivity contribution in [2.45, 2.75) is 39.0 Å². The third-order valence-electron chi connectivity index (χ3n) is 3.93. The van der Waals surface area contributed by atoms with Gasteiger partial charge in [0.25, 0.3) is 0 Å². The molecule has 0 aliphatic heterocycles. The van der Waals surface area contributed by atoms with Gasteiger partial charge in [0, 0.05) is 11.8 Å². The smallest absolute Gasteiger partial charge is 0.131 e. The first-order valence-corrected chi connectivity index (χ1v) is 7.34. The zero-order chi connectivity index (χ0) is 15.3. The summed E-state index contributed by atoms with van der Waals surface area (Å²) in [7, 11) is 0. The Labute approximate surface area is 126 Å². The zero-order valence-electron chi connectivity index (χ0n) is 12.7. The number of benzene rings is 1. The Bertz CT molecular complexity index is 544. The molecule has 0 spiro atoms. The fourth-order valence-corrected chi connectivity index (χ4v) is 2.27. The van der Waals surface area contributed by atoms with Crippen LogP contribution < -0.4 is 4.74 Å². The van der Waals surface area contributed by atoms with Crippen LogP contribution in [0.2, 0.25) is 0 Å². The Morgan fingerprint density at radius 3 is 2.52 bits per heavy atom. The molecule has 0 amide bonds. The summed E-state index contributed by atoms with van der Waals surface area (Å²) in [5.74, 6) is 6.86. The van der Waals surface area contributed by atoms with Crippen molar-refractivity contribution in [3.8, 4) is 17.6 Å². The summed E-state index contributed by atoms with van der Waals surface area (Å²) >= 11 is 0. The van der Waals surface area contributed by atoms with Crippen LogP contribution in [0.25, 0.3) is 0 Å². The van der Waals surface area contributed by atoms with Crippen LogP contribution in [0.3, 0.4) is 0 Å². The van der Waals surface area contributed by atoms with Crippen molar-refractivity contribution in [2.75, 3.05) is 13.2 Å². The number of carbonyl (C=O) groups excluding carboxylic acids is 1. The van der Waals surface area contributed by atoms with E-state index < -0.39 is 0 Å². The molecule has 0 bridgehead atoms. The minimum absolute atomic E-state index is 0.0104. The Morgan fingerprint density at radius 1 is 1.38 bits per heavy atom. The van der Waals surface area contributed by atoms with Gasteiger partial charge in [0.15, 0.2) is 0 Å². The van der Waals surface area contributed by atoms with Crippen LogP contribution in [0, 0.1) is 17.3 Å². The third kappa shape index (κ3) is 4.34. The summed E-state index contributed by atoms with van der Waals surface area (Å²) in [4.78, 5) is 11.3. The van der Waals surface area contributed by atoms with E-state index in [0.717, 1.165) is 24.2 Å². The molecule has 1 saturated carbocycles. The lowest BCUT2D eigenvalue weighted by Crippen LogP contribution is -2.17. The molecule has 1 N–H and O–H groups in total. The van der Waals surface area contributed by atoms with Gasteiger partial charge in [0.05, 0.1) is 19.1 Å². The van der Waals surface area contributed by atoms with Crippen molar-refractivity contribution in [1.29, 1.82) is 0 Å². The highest BCUT2D eigenvalue weighted by Gasteiger charge is 2.42. The Kier molecular flexibility index (Phi) is 5.03. The minimum Gasteiger partial charge on any atom is -0.493 e. The van der Waals surface area contributed by atoms with Crippen molar-refractivity contribution in [2.24, 2.45) is 5.41 Å². The van der Waals surface area contributed by atoms with E-state index in [1.165, 1.54) is 0 Å². The molecule has 2 rings (SSSR count). The van der Waals surface area contributed by atoms with Gasteiger partial charge in [-0.15, -0.1) is 5.92 Å². The first kappa shape index (κ1) is 15.6. The first-order valence-electron chi connectivity index (χ1n) is 7.34. The normalized spacial score (nSPS) is 16.5. The van der Waals surface area contributed by atoms with Crippen LogP contribution in [-0.4, -0.2) is 24.1 Å². The van der Waals surface area contributed by atoms with E-state index in [2.05, 4.69) is 11.8 Å². The van der Waals surface area contributed by atoms with Gasteiger partial charge in [-0.2, -0.15) is 0 Å². The maximum Gasteiger partial charge on any atom is 0.131 e. The molecule has 3 nitrogen and oxygen atoms in total. The van der Waals surface area contributed by atoms with Gasteiger partial charge in [-0.1, -0.05) is 18.1 Å². The molecular weight excluding hydrogens is 264 g/mol. The van der Waals surface area contributed by atoms with Gasteiger partial charge in [-0.3, -0.25) is 4.79 Å². The average Bonchev–Trinajstić information content (AvgIpc) is 3.25. The number of ether oxygens (including phenoxy) is 1. The monoisotopic (exact) mass is 286 g/mol. The second kappa shape index (κ2) is 6.78. The quantitative estimate of drug-likeness (QED) is 0.784. The fraction of sp³-hybridized carbons (Fsp3) is 0.500. The van der Waals surface area contributed by atoms with E-state index in [1.54, 1.807) is 13.8 Å². The number of hydrogen-bond acceptors (Lipinski definition) is 3. The van der Waals surface area contributed by atoms with Gasteiger partial charge in [-0.05, 0) is 44.4 Å². The van der Waals surface area contributed by atoms with Crippen LogP contribution in [0.4, 0.5) is 0 Å². The highest BCUT2D eigenvalue weighted by atomic mass is 16.5. The summed E-state index contributed by atoms with van der Waals surface area (Å²) in [6.45, 7) is 4.13. The van der Waals surface area contributed by atoms with E-state index in [1.807, 2.05) is 24.3 Å². The Balaban J connectivity index is 1.99. The SMILES string of the molecule is CC#CC(CC(C)=O)c1ccc(OCC2(CO)CC2)cc1. The summed E-state index contributed by atoms with van der Waals surface area (Å²) < 4.78 is 5.74. The predicted octanol–water partition coefficient (Wildman–Crippen LogP) is 2.92. The summed E-state index contributed by atoms with van der Waals surface area (Å²) in [6.07, 6.45) is 2.51. The molecule has 1 aliphatic carbocycles. The van der Waals surface area contributed by atoms with Crippen LogP contribution >= 0.6 is 0 Å². The molecular formula is C18H22O3. The topological polar surface area (TPSA) is 46.5 Å². The second-order valence-corrected chi connectivity index (χ2v) is 5.87. The van der Waals surface area contributed by atoms with Crippen molar-refractivity contribution in [3.63, 3.8) is 0 Å². The van der Waals surface area contributed by atoms with E-state index >= 15 is 0 Å². The lowest BCUT2D eigenvalue weighted by molar-refractivity contribution is -0.117. The molecule has 1 aliphatic rings. The molecule has 0 saturated heterocycles. The summed E-state index contributed by atoms with van der Waals surface area (Å²) in [6, 6.07) is 7.75. The molecule has 21 heavy (non-hydrogen) atoms. The third-order valence-corrected chi connectivity index (χ3v) is 3.93. The molecule has 1 fully saturated rings. The predicted molar refractivity (Wildman–Crippen MR) is 82.2 cm³/mol. The number of hydrogen-bond donors (Lipinski definition) is 1. The number of carbonyl (C=O) groups is 1. The Morgan fingerprint density at radius 2 is 2.05 bits per heavy atom. The molecule has 1 aromatic carbocycles. The van der Waals surface area contributed by atoms with Crippen molar-refractivity contribution in [3.05, 3.63) is 29.8 Å². The number of aliphatic hydroxyl groups excluding tert-OH is 1. The largest absolute Gasteiger partial charge is 0.493 e. The highest BCUT2D eigenvalue weighted by Crippen LogP contribution is 2.45. The van der Waals surface area contributed by atoms with E-state index in [0.29, 0.717) is 13.0 Å². The first-order chi connectivity index (χ1) is 10.1. The molecule has 112 valence electrons. The molecule has 1 aromatic rings. The van der Waals surface area contributed by atoms with Crippen molar-refractivity contribution >= 4 is 5.78 Å². The second-order valence-electron chi connectivity index (χ2n) is 5.87. The Hall–Kier alpha value is -1.79. The summed E-state index contributed by atoms with van der Waals surface area (Å²) in [5, 5.41) is 9.27. The zero-order valence-corrected chi connectivity index (χ0v) is 12.7. The van der Waals surface area contributed by atoms with Gasteiger partial charge < -0.3 is 9.84 Å². The fourth-order valence-electron chi connectivity index (χ4n) is 2.27. The van der Waals surface area contributed by atoms with Crippen LogP contribution in [0.15, 0.2) is 24.3 Å². The number of Topliss-reactive ketones (excluding diaryl/α,β-unsaturated/α-hetero) is 1. The van der Waals surface area contributed by atoms with Crippen LogP contribution in [-0.2, 0) is 4.79 Å². The lowest BCUT2D eigenvalue weighted by Gasteiger charge is -2.14. The number of aliphatic hydroxyl groups is 1. The van der Waals surface area contributed by atoms with Gasteiger partial charge in [0.1, 0.15) is 11.5 Å². The molecule has 1 atom stereocenters. The summed E-state index contributed by atoms with van der Waals surface area (Å²) in [5.41, 5.74) is 1.03. The lowest BCUT2D eigenvalue weighted by atomic mass is 9.94. The van der Waals surface area contributed by atoms with E-state index in [4.69, 9.17) is 4.74 Å². The number of rotatable bonds is 7. The van der Waals surface area contributed by atoms with E-state index in [9.17, 15) is 9.90 Å². The number of ketones is 1. The molecule has 1 unspecified atom stereocenters. The van der Waals surface area contributed by atoms with Crippen LogP contribution in [0.1, 0.15) is 44.6 Å². The molecule has 3 heteroatoms. The maximum atomic E-state index is 11.3. The highest BCUT2D eigenvalue weighted by molar-refractivity contribution is 5.77. The maximum absolute atomic E-state index is 11.3. The molecule has 0 radical (unpaired) electrons. The standard InChI is InChI=1S/C18H22O3/c1-3-4-16(11-14(2)20)15-5-7-17(8-6-15)21-13-18(12-19)9-10-18/h5-8,16,19H,9-13H2,1-2H3. The molecule has 0 heterocycles. The van der Waals surface area contributed by atoms with Gasteiger partial charge >= 0.3 is 0 Å². The van der Waals surface area contributed by atoms with Gasteiger partial charge in [-0.25, -0.2) is 0 Å². The van der Waals surface area contributed by atoms with Gasteiger partial charge in [0.2, 0.25) is 0 Å². The minimum atomic E-state index is -0.0474. The van der Waals surface area contributed by atoms with Crippen LogP contribution in [0.5, 0.6) is 5.75 Å². The van der Waals surface area contributed by atoms with Crippen molar-refractivity contribution < 1.29 is 14.6 Å². The molecule has 0 aromatic heterocycles. The van der Waals surface area contributed by atoms with E-state index in [-0.39, 0.29) is 23.7 Å².